The van der Waals surface area contributed by atoms with E-state index in [9.17, 15) is 0 Å². The fraction of sp³-hybridized carbons (Fsp3) is 0.136. The molecule has 0 heterocycles. The summed E-state index contributed by atoms with van der Waals surface area (Å²) in [7, 11) is 1.96. The van der Waals surface area contributed by atoms with E-state index in [1.54, 1.807) is 0 Å². The van der Waals surface area contributed by atoms with Crippen LogP contribution in [-0.4, -0.2) is 13.3 Å². The summed E-state index contributed by atoms with van der Waals surface area (Å²) in [5, 5.41) is 9.84. The molecular formula is C22H23N3. The van der Waals surface area contributed by atoms with Gasteiger partial charge in [-0.15, -0.1) is 0 Å². The third-order valence-electron chi connectivity index (χ3n) is 3.99. The highest BCUT2D eigenvalue weighted by Gasteiger charge is 1.99. The fourth-order valence-electron chi connectivity index (χ4n) is 2.54. The van der Waals surface area contributed by atoms with Gasteiger partial charge in [-0.3, -0.25) is 5.01 Å². The lowest BCUT2D eigenvalue weighted by Crippen LogP contribution is -2.13. The first-order valence-electron chi connectivity index (χ1n) is 8.47. The molecule has 25 heavy (non-hydrogen) atoms. The molecule has 0 fully saturated rings. The second-order valence-electron chi connectivity index (χ2n) is 5.93. The van der Waals surface area contributed by atoms with Crippen molar-refractivity contribution in [2.24, 2.45) is 5.10 Å². The van der Waals surface area contributed by atoms with E-state index in [1.165, 1.54) is 11.1 Å². The Morgan fingerprint density at radius 1 is 0.760 bits per heavy atom. The van der Waals surface area contributed by atoms with Crippen LogP contribution < -0.4 is 10.3 Å². The van der Waals surface area contributed by atoms with Crippen LogP contribution in [0.3, 0.4) is 0 Å². The molecule has 0 amide bonds. The van der Waals surface area contributed by atoms with Crippen LogP contribution in [0.25, 0.3) is 0 Å². The molecule has 0 atom stereocenters. The van der Waals surface area contributed by atoms with Crippen LogP contribution in [0.4, 0.5) is 5.69 Å². The summed E-state index contributed by atoms with van der Waals surface area (Å²) in [5.74, 6) is 0. The largest absolute Gasteiger partial charge is 0.309 e. The molecule has 0 spiro atoms. The molecule has 0 saturated carbocycles. The van der Waals surface area contributed by atoms with Crippen molar-refractivity contribution in [2.75, 3.05) is 12.1 Å². The Morgan fingerprint density at radius 2 is 1.32 bits per heavy atom. The zero-order chi connectivity index (χ0) is 17.3. The predicted molar refractivity (Wildman–Crippen MR) is 106 cm³/mol. The maximum atomic E-state index is 4.49. The molecule has 3 aromatic carbocycles. The zero-order valence-corrected chi connectivity index (χ0v) is 14.5. The summed E-state index contributed by atoms with van der Waals surface area (Å²) >= 11 is 0. The third kappa shape index (κ3) is 5.30. The zero-order valence-electron chi connectivity index (χ0n) is 14.5. The van der Waals surface area contributed by atoms with Gasteiger partial charge < -0.3 is 5.32 Å². The van der Waals surface area contributed by atoms with Gasteiger partial charge in [-0.05, 0) is 28.8 Å². The molecule has 3 heteroatoms. The van der Waals surface area contributed by atoms with Gasteiger partial charge in [-0.25, -0.2) is 0 Å². The molecule has 3 nitrogen and oxygen atoms in total. The summed E-state index contributed by atoms with van der Waals surface area (Å²) in [6.07, 6.45) is 1.87. The number of nitrogens with zero attached hydrogens (tertiary/aromatic N) is 2. The van der Waals surface area contributed by atoms with Crippen molar-refractivity contribution in [3.8, 4) is 0 Å². The first-order chi connectivity index (χ1) is 12.3. The smallest absolute Gasteiger partial charge is 0.0590 e. The highest BCUT2D eigenvalue weighted by Crippen LogP contribution is 2.14. The van der Waals surface area contributed by atoms with Crippen molar-refractivity contribution in [3.63, 3.8) is 0 Å². The quantitative estimate of drug-likeness (QED) is 0.512. The van der Waals surface area contributed by atoms with E-state index in [0.717, 1.165) is 24.3 Å². The van der Waals surface area contributed by atoms with Crippen LogP contribution in [0.1, 0.15) is 16.7 Å². The van der Waals surface area contributed by atoms with Crippen molar-refractivity contribution >= 4 is 11.9 Å². The van der Waals surface area contributed by atoms with Crippen molar-refractivity contribution in [1.29, 1.82) is 0 Å². The number of hydrazone groups is 1. The number of benzene rings is 3. The van der Waals surface area contributed by atoms with Gasteiger partial charge in [0.1, 0.15) is 0 Å². The molecule has 3 aromatic rings. The molecule has 0 bridgehead atoms. The lowest BCUT2D eigenvalue weighted by molar-refractivity contribution is 0.693. The van der Waals surface area contributed by atoms with Gasteiger partial charge in [0.05, 0.1) is 11.9 Å². The van der Waals surface area contributed by atoms with E-state index >= 15 is 0 Å². The van der Waals surface area contributed by atoms with Crippen molar-refractivity contribution in [1.82, 2.24) is 5.32 Å². The topological polar surface area (TPSA) is 27.6 Å². The molecule has 0 saturated heterocycles. The minimum Gasteiger partial charge on any atom is -0.309 e. The molecule has 0 aliphatic heterocycles. The van der Waals surface area contributed by atoms with Crippen LogP contribution in [0.15, 0.2) is 90.0 Å². The highest BCUT2D eigenvalue weighted by atomic mass is 15.4. The Labute approximate surface area is 149 Å². The Balaban J connectivity index is 1.52. The predicted octanol–water partition coefficient (Wildman–Crippen LogP) is 4.45. The molecule has 0 aromatic heterocycles. The van der Waals surface area contributed by atoms with E-state index in [4.69, 9.17) is 0 Å². The number of hydrogen-bond donors (Lipinski definition) is 1. The normalized spacial score (nSPS) is 10.9. The standard InChI is InChI=1S/C22H23N3/c1-25(24-18-20-10-6-3-7-11-20)22-14-12-21(13-15-22)17-23-16-19-8-4-2-5-9-19/h2-15,18,23H,16-17H2,1H3/b24-18+. The Hall–Kier alpha value is -2.91. The average molecular weight is 329 g/mol. The fourth-order valence-corrected chi connectivity index (χ4v) is 2.54. The SMILES string of the molecule is CN(/N=C/c1ccccc1)c1ccc(CNCc2ccccc2)cc1. The van der Waals surface area contributed by atoms with Crippen LogP contribution >= 0.6 is 0 Å². The molecule has 0 aliphatic rings. The lowest BCUT2D eigenvalue weighted by atomic mass is 10.2. The van der Waals surface area contributed by atoms with Gasteiger partial charge in [0.2, 0.25) is 0 Å². The minimum atomic E-state index is 0.853. The van der Waals surface area contributed by atoms with Crippen molar-refractivity contribution in [2.45, 2.75) is 13.1 Å². The molecular weight excluding hydrogens is 306 g/mol. The number of anilines is 1. The van der Waals surface area contributed by atoms with Crippen molar-refractivity contribution in [3.05, 3.63) is 102 Å². The van der Waals surface area contributed by atoms with Crippen molar-refractivity contribution < 1.29 is 0 Å². The van der Waals surface area contributed by atoms with Crippen LogP contribution in [-0.2, 0) is 13.1 Å². The summed E-state index contributed by atoms with van der Waals surface area (Å²) in [5.41, 5.74) is 4.73. The average Bonchev–Trinajstić information content (AvgIpc) is 2.68. The second-order valence-corrected chi connectivity index (χ2v) is 5.93. The van der Waals surface area contributed by atoms with Gasteiger partial charge in [0.25, 0.3) is 0 Å². The molecule has 126 valence electrons. The van der Waals surface area contributed by atoms with Crippen LogP contribution in [0, 0.1) is 0 Å². The van der Waals surface area contributed by atoms with Gasteiger partial charge in [0.15, 0.2) is 0 Å². The third-order valence-corrected chi connectivity index (χ3v) is 3.99. The molecule has 0 aliphatic carbocycles. The number of nitrogens with one attached hydrogen (secondary N) is 1. The lowest BCUT2D eigenvalue weighted by Gasteiger charge is -2.13. The van der Waals surface area contributed by atoms with Gasteiger partial charge in [-0.2, -0.15) is 5.10 Å². The van der Waals surface area contributed by atoms with E-state index in [-0.39, 0.29) is 0 Å². The number of hydrogen-bond acceptors (Lipinski definition) is 3. The van der Waals surface area contributed by atoms with Gasteiger partial charge >= 0.3 is 0 Å². The van der Waals surface area contributed by atoms with Crippen LogP contribution in [0.5, 0.6) is 0 Å². The van der Waals surface area contributed by atoms with E-state index in [1.807, 2.05) is 54.7 Å². The summed E-state index contributed by atoms with van der Waals surface area (Å²) in [4.78, 5) is 0. The first-order valence-corrected chi connectivity index (χ1v) is 8.47. The minimum absolute atomic E-state index is 0.853. The van der Waals surface area contributed by atoms with Gasteiger partial charge in [0, 0.05) is 20.1 Å². The molecule has 1 N–H and O–H groups in total. The molecule has 0 unspecified atom stereocenters. The first kappa shape index (κ1) is 16.9. The molecule has 0 radical (unpaired) electrons. The maximum absolute atomic E-state index is 4.49. The Morgan fingerprint density at radius 3 is 1.96 bits per heavy atom. The monoisotopic (exact) mass is 329 g/mol. The maximum Gasteiger partial charge on any atom is 0.0590 e. The number of rotatable bonds is 7. The summed E-state index contributed by atoms with van der Waals surface area (Å²) in [6.45, 7) is 1.73. The molecule has 3 rings (SSSR count). The Kier molecular flexibility index (Phi) is 5.96. The summed E-state index contributed by atoms with van der Waals surface area (Å²) < 4.78 is 0. The van der Waals surface area contributed by atoms with Crippen LogP contribution in [0.2, 0.25) is 0 Å². The highest BCUT2D eigenvalue weighted by molar-refractivity contribution is 5.80. The van der Waals surface area contributed by atoms with E-state index in [2.05, 4.69) is 58.9 Å². The van der Waals surface area contributed by atoms with E-state index in [0.29, 0.717) is 0 Å². The van der Waals surface area contributed by atoms with E-state index < -0.39 is 0 Å². The second kappa shape index (κ2) is 8.81. The summed E-state index contributed by atoms with van der Waals surface area (Å²) in [6, 6.07) is 29.0. The van der Waals surface area contributed by atoms with Gasteiger partial charge in [-0.1, -0.05) is 72.8 Å². The Bertz CT molecular complexity index is 781.